The Bertz CT molecular complexity index is 423. The van der Waals surface area contributed by atoms with Crippen molar-refractivity contribution >= 4 is 23.2 Å². The van der Waals surface area contributed by atoms with Crippen LogP contribution in [0.5, 0.6) is 0 Å². The third-order valence-electron chi connectivity index (χ3n) is 4.05. The Morgan fingerprint density at radius 1 is 1.37 bits per heavy atom. The maximum atomic E-state index is 6.17. The van der Waals surface area contributed by atoms with Crippen molar-refractivity contribution in [2.45, 2.75) is 38.3 Å². The summed E-state index contributed by atoms with van der Waals surface area (Å²) in [7, 11) is 2.20. The minimum atomic E-state index is 0.636. The van der Waals surface area contributed by atoms with Gasteiger partial charge in [-0.3, -0.25) is 0 Å². The first-order valence-electron chi connectivity index (χ1n) is 6.94. The van der Waals surface area contributed by atoms with Gasteiger partial charge in [0.1, 0.15) is 0 Å². The van der Waals surface area contributed by atoms with E-state index in [-0.39, 0.29) is 0 Å². The highest BCUT2D eigenvalue weighted by atomic mass is 35.5. The number of piperidine rings is 1. The first-order chi connectivity index (χ1) is 9.06. The Balaban J connectivity index is 1.77. The van der Waals surface area contributed by atoms with E-state index in [9.17, 15) is 0 Å². The SMILES string of the molecule is CC1CC(NCCc2ccc(Cl)cc2Cl)CCN1C. The number of nitrogens with zero attached hydrogens (tertiary/aromatic N) is 1. The number of nitrogens with one attached hydrogen (secondary N) is 1. The van der Waals surface area contributed by atoms with Gasteiger partial charge in [-0.1, -0.05) is 29.3 Å². The zero-order valence-corrected chi connectivity index (χ0v) is 13.1. The molecule has 1 aliphatic rings. The molecule has 0 bridgehead atoms. The van der Waals surface area contributed by atoms with Crippen molar-refractivity contribution in [1.82, 2.24) is 10.2 Å². The molecule has 4 heteroatoms. The topological polar surface area (TPSA) is 15.3 Å². The van der Waals surface area contributed by atoms with E-state index in [1.54, 1.807) is 0 Å². The minimum absolute atomic E-state index is 0.636. The second-order valence-electron chi connectivity index (χ2n) is 5.49. The van der Waals surface area contributed by atoms with Crippen molar-refractivity contribution in [2.75, 3.05) is 20.1 Å². The van der Waals surface area contributed by atoms with Crippen molar-refractivity contribution in [3.05, 3.63) is 33.8 Å². The van der Waals surface area contributed by atoms with Crippen molar-refractivity contribution in [3.8, 4) is 0 Å². The van der Waals surface area contributed by atoms with Crippen LogP contribution in [-0.4, -0.2) is 37.1 Å². The molecule has 1 fully saturated rings. The fraction of sp³-hybridized carbons (Fsp3) is 0.600. The molecule has 1 aromatic carbocycles. The average Bonchev–Trinajstić information content (AvgIpc) is 2.36. The van der Waals surface area contributed by atoms with Crippen LogP contribution in [0, 0.1) is 0 Å². The Kier molecular flexibility index (Phi) is 5.52. The van der Waals surface area contributed by atoms with Crippen LogP contribution in [0.3, 0.4) is 0 Å². The lowest BCUT2D eigenvalue weighted by Gasteiger charge is -2.35. The summed E-state index contributed by atoms with van der Waals surface area (Å²) in [5.41, 5.74) is 1.17. The third kappa shape index (κ3) is 4.35. The molecule has 0 spiro atoms. The highest BCUT2D eigenvalue weighted by Crippen LogP contribution is 2.21. The molecule has 1 heterocycles. The van der Waals surface area contributed by atoms with Crippen LogP contribution in [0.2, 0.25) is 10.0 Å². The Hall–Kier alpha value is -0.280. The Labute approximate surface area is 126 Å². The summed E-state index contributed by atoms with van der Waals surface area (Å²) < 4.78 is 0. The fourth-order valence-electron chi connectivity index (χ4n) is 2.61. The molecular weight excluding hydrogens is 279 g/mol. The summed E-state index contributed by atoms with van der Waals surface area (Å²) in [6.07, 6.45) is 3.41. The number of hydrogen-bond acceptors (Lipinski definition) is 2. The van der Waals surface area contributed by atoms with Gasteiger partial charge in [0.15, 0.2) is 0 Å². The van der Waals surface area contributed by atoms with E-state index in [1.165, 1.54) is 24.9 Å². The molecule has 0 radical (unpaired) electrons. The van der Waals surface area contributed by atoms with E-state index >= 15 is 0 Å². The van der Waals surface area contributed by atoms with E-state index < -0.39 is 0 Å². The second-order valence-corrected chi connectivity index (χ2v) is 6.33. The molecule has 1 aliphatic heterocycles. The number of rotatable bonds is 4. The molecule has 0 aliphatic carbocycles. The van der Waals surface area contributed by atoms with Gasteiger partial charge in [0.2, 0.25) is 0 Å². The lowest BCUT2D eigenvalue weighted by Crippen LogP contribution is -2.46. The number of benzene rings is 1. The molecule has 19 heavy (non-hydrogen) atoms. The summed E-state index contributed by atoms with van der Waals surface area (Å²) in [6.45, 7) is 4.45. The second kappa shape index (κ2) is 6.94. The predicted molar refractivity (Wildman–Crippen MR) is 83.3 cm³/mol. The standard InChI is InChI=1S/C15H22Cl2N2/c1-11-9-14(6-8-19(11)2)18-7-5-12-3-4-13(16)10-15(12)17/h3-4,10-11,14,18H,5-9H2,1-2H3. The molecule has 1 N–H and O–H groups in total. The first-order valence-corrected chi connectivity index (χ1v) is 7.69. The van der Waals surface area contributed by atoms with Crippen LogP contribution in [0.1, 0.15) is 25.3 Å². The molecule has 2 unspecified atom stereocenters. The van der Waals surface area contributed by atoms with Gasteiger partial charge in [0.05, 0.1) is 0 Å². The zero-order chi connectivity index (χ0) is 13.8. The summed E-state index contributed by atoms with van der Waals surface area (Å²) in [4.78, 5) is 2.42. The number of hydrogen-bond donors (Lipinski definition) is 1. The van der Waals surface area contributed by atoms with Crippen molar-refractivity contribution in [1.29, 1.82) is 0 Å². The summed E-state index contributed by atoms with van der Waals surface area (Å²) in [5, 5.41) is 5.11. The van der Waals surface area contributed by atoms with Crippen molar-refractivity contribution in [2.24, 2.45) is 0 Å². The van der Waals surface area contributed by atoms with Crippen LogP contribution in [0.25, 0.3) is 0 Å². The van der Waals surface area contributed by atoms with E-state index in [1.807, 2.05) is 18.2 Å². The highest BCUT2D eigenvalue weighted by molar-refractivity contribution is 6.35. The molecule has 0 amide bonds. The van der Waals surface area contributed by atoms with E-state index in [0.29, 0.717) is 17.1 Å². The summed E-state index contributed by atoms with van der Waals surface area (Å²) in [6, 6.07) is 7.04. The number of likely N-dealkylation sites (tertiary alicyclic amines) is 1. The average molecular weight is 301 g/mol. The molecule has 2 atom stereocenters. The van der Waals surface area contributed by atoms with Crippen LogP contribution in [-0.2, 0) is 6.42 Å². The first kappa shape index (κ1) is 15.1. The molecule has 0 aromatic heterocycles. The molecule has 2 nitrogen and oxygen atoms in total. The van der Waals surface area contributed by atoms with Gasteiger partial charge < -0.3 is 10.2 Å². The van der Waals surface area contributed by atoms with Crippen molar-refractivity contribution in [3.63, 3.8) is 0 Å². The maximum absolute atomic E-state index is 6.17. The van der Waals surface area contributed by atoms with Gasteiger partial charge in [-0.15, -0.1) is 0 Å². The monoisotopic (exact) mass is 300 g/mol. The largest absolute Gasteiger partial charge is 0.314 e. The molecular formula is C15H22Cl2N2. The van der Waals surface area contributed by atoms with Crippen molar-refractivity contribution < 1.29 is 0 Å². The zero-order valence-electron chi connectivity index (χ0n) is 11.6. The summed E-state index contributed by atoms with van der Waals surface area (Å²) >= 11 is 12.1. The molecule has 0 saturated carbocycles. The minimum Gasteiger partial charge on any atom is -0.314 e. The van der Waals surface area contributed by atoms with Gasteiger partial charge in [-0.05, 0) is 64.0 Å². The Morgan fingerprint density at radius 3 is 2.84 bits per heavy atom. The molecule has 106 valence electrons. The van der Waals surface area contributed by atoms with Gasteiger partial charge in [-0.2, -0.15) is 0 Å². The normalized spacial score (nSPS) is 24.6. The molecule has 2 rings (SSSR count). The third-order valence-corrected chi connectivity index (χ3v) is 4.64. The lowest BCUT2D eigenvalue weighted by atomic mass is 9.99. The maximum Gasteiger partial charge on any atom is 0.0453 e. The van der Waals surface area contributed by atoms with Gasteiger partial charge in [0, 0.05) is 22.1 Å². The molecule has 1 saturated heterocycles. The van der Waals surface area contributed by atoms with Gasteiger partial charge in [-0.25, -0.2) is 0 Å². The van der Waals surface area contributed by atoms with Crippen LogP contribution < -0.4 is 5.32 Å². The van der Waals surface area contributed by atoms with E-state index in [4.69, 9.17) is 23.2 Å². The quantitative estimate of drug-likeness (QED) is 0.914. The molecule has 1 aromatic rings. The van der Waals surface area contributed by atoms with Gasteiger partial charge >= 0.3 is 0 Å². The van der Waals surface area contributed by atoms with E-state index in [0.717, 1.165) is 18.0 Å². The van der Waals surface area contributed by atoms with Crippen LogP contribution in [0.15, 0.2) is 18.2 Å². The smallest absolute Gasteiger partial charge is 0.0453 e. The van der Waals surface area contributed by atoms with Crippen LogP contribution in [0.4, 0.5) is 0 Å². The Morgan fingerprint density at radius 2 is 2.16 bits per heavy atom. The number of halogens is 2. The van der Waals surface area contributed by atoms with Gasteiger partial charge in [0.25, 0.3) is 0 Å². The fourth-order valence-corrected chi connectivity index (χ4v) is 3.11. The predicted octanol–water partition coefficient (Wildman–Crippen LogP) is 3.61. The van der Waals surface area contributed by atoms with Crippen LogP contribution >= 0.6 is 23.2 Å². The highest BCUT2D eigenvalue weighted by Gasteiger charge is 2.21. The summed E-state index contributed by atoms with van der Waals surface area (Å²) in [5.74, 6) is 0. The van der Waals surface area contributed by atoms with E-state index in [2.05, 4.69) is 24.2 Å². The lowest BCUT2D eigenvalue weighted by molar-refractivity contribution is 0.169.